The Morgan fingerprint density at radius 3 is 3.06 bits per heavy atom. The number of carbonyl (C=O) groups is 1. The highest BCUT2D eigenvalue weighted by Gasteiger charge is 2.68. The summed E-state index contributed by atoms with van der Waals surface area (Å²) in [6.45, 7) is 5.15. The van der Waals surface area contributed by atoms with Crippen LogP contribution in [0.5, 0.6) is 5.75 Å². The Balaban J connectivity index is 1.96. The van der Waals surface area contributed by atoms with E-state index >= 15 is 0 Å². The maximum absolute atomic E-state index is 12.0. The summed E-state index contributed by atoms with van der Waals surface area (Å²) in [6, 6.07) is 8.07. The molecular weight excluding hydrogens is 228 g/mol. The van der Waals surface area contributed by atoms with Crippen molar-refractivity contribution in [1.82, 2.24) is 0 Å². The number of hydrogen-bond donors (Lipinski definition) is 0. The number of rotatable bonds is 2. The Bertz CT molecular complexity index is 482. The molecule has 0 N–H and O–H groups in total. The second-order valence-electron chi connectivity index (χ2n) is 5.15. The second kappa shape index (κ2) is 4.01. The summed E-state index contributed by atoms with van der Waals surface area (Å²) >= 11 is 0. The fourth-order valence-electron chi connectivity index (χ4n) is 3.51. The van der Waals surface area contributed by atoms with Crippen molar-refractivity contribution < 1.29 is 14.3 Å². The molecule has 3 nitrogen and oxygen atoms in total. The van der Waals surface area contributed by atoms with Crippen molar-refractivity contribution in [3.05, 3.63) is 29.8 Å². The maximum atomic E-state index is 12.0. The Kier molecular flexibility index (Phi) is 2.58. The van der Waals surface area contributed by atoms with Crippen molar-refractivity contribution in [2.75, 3.05) is 13.2 Å². The number of ether oxygens (including phenoxy) is 2. The van der Waals surface area contributed by atoms with E-state index in [1.165, 1.54) is 5.56 Å². The molecule has 1 aliphatic carbocycles. The van der Waals surface area contributed by atoms with Gasteiger partial charge in [0.15, 0.2) is 0 Å². The SMILES string of the molecule is CCOC(=O)C1[C@H](C)C12CCOc1ccccc12. The van der Waals surface area contributed by atoms with Gasteiger partial charge in [0, 0.05) is 11.0 Å². The predicted octanol–water partition coefficient (Wildman–Crippen LogP) is 2.54. The van der Waals surface area contributed by atoms with Crippen molar-refractivity contribution in [1.29, 1.82) is 0 Å². The van der Waals surface area contributed by atoms with E-state index < -0.39 is 0 Å². The molecule has 3 rings (SSSR count). The number of hydrogen-bond acceptors (Lipinski definition) is 3. The number of benzene rings is 1. The van der Waals surface area contributed by atoms with Gasteiger partial charge >= 0.3 is 5.97 Å². The van der Waals surface area contributed by atoms with Crippen molar-refractivity contribution >= 4 is 5.97 Å². The third-order valence-corrected chi connectivity index (χ3v) is 4.46. The first-order valence-electron chi connectivity index (χ1n) is 6.60. The molecule has 1 aromatic rings. The average molecular weight is 246 g/mol. The molecule has 0 aromatic heterocycles. The zero-order chi connectivity index (χ0) is 12.8. The van der Waals surface area contributed by atoms with Gasteiger partial charge in [0.2, 0.25) is 0 Å². The first kappa shape index (κ1) is 11.6. The molecule has 18 heavy (non-hydrogen) atoms. The van der Waals surface area contributed by atoms with Gasteiger partial charge in [-0.05, 0) is 25.3 Å². The summed E-state index contributed by atoms with van der Waals surface area (Å²) in [7, 11) is 0. The van der Waals surface area contributed by atoms with E-state index in [-0.39, 0.29) is 17.3 Å². The highest BCUT2D eigenvalue weighted by Crippen LogP contribution is 2.65. The van der Waals surface area contributed by atoms with Crippen LogP contribution in [0, 0.1) is 11.8 Å². The second-order valence-corrected chi connectivity index (χ2v) is 5.15. The third kappa shape index (κ3) is 1.39. The fourth-order valence-corrected chi connectivity index (χ4v) is 3.51. The number of carbonyl (C=O) groups excluding carboxylic acids is 1. The molecular formula is C15H18O3. The van der Waals surface area contributed by atoms with Crippen LogP contribution in [-0.2, 0) is 14.9 Å². The van der Waals surface area contributed by atoms with Gasteiger partial charge in [-0.3, -0.25) is 4.79 Å². The monoisotopic (exact) mass is 246 g/mol. The predicted molar refractivity (Wildman–Crippen MR) is 67.5 cm³/mol. The smallest absolute Gasteiger partial charge is 0.310 e. The van der Waals surface area contributed by atoms with Crippen molar-refractivity contribution in [3.63, 3.8) is 0 Å². The van der Waals surface area contributed by atoms with Gasteiger partial charge < -0.3 is 9.47 Å². The van der Waals surface area contributed by atoms with Crippen LogP contribution in [0.3, 0.4) is 0 Å². The van der Waals surface area contributed by atoms with Gasteiger partial charge in [-0.15, -0.1) is 0 Å². The van der Waals surface area contributed by atoms with E-state index in [1.54, 1.807) is 0 Å². The van der Waals surface area contributed by atoms with Crippen LogP contribution in [-0.4, -0.2) is 19.2 Å². The highest BCUT2D eigenvalue weighted by molar-refractivity contribution is 5.80. The minimum atomic E-state index is -0.0540. The van der Waals surface area contributed by atoms with Crippen LogP contribution in [0.2, 0.25) is 0 Å². The molecule has 3 atom stereocenters. The van der Waals surface area contributed by atoms with Crippen molar-refractivity contribution in [2.45, 2.75) is 25.7 Å². The molecule has 0 saturated heterocycles. The standard InChI is InChI=1S/C15H18O3/c1-3-17-14(16)13-10(2)15(13)8-9-18-12-7-5-4-6-11(12)15/h4-7,10,13H,3,8-9H2,1-2H3/t10-,13?,15?/m0/s1. The lowest BCUT2D eigenvalue weighted by Crippen LogP contribution is -2.25. The summed E-state index contributed by atoms with van der Waals surface area (Å²) in [5.41, 5.74) is 1.14. The molecule has 1 fully saturated rings. The Hall–Kier alpha value is -1.51. The van der Waals surface area contributed by atoms with Gasteiger partial charge in [-0.2, -0.15) is 0 Å². The van der Waals surface area contributed by atoms with Crippen LogP contribution in [0.25, 0.3) is 0 Å². The molecule has 0 amide bonds. The lowest BCUT2D eigenvalue weighted by atomic mass is 9.86. The normalized spacial score (nSPS) is 32.6. The Morgan fingerprint density at radius 1 is 1.50 bits per heavy atom. The molecule has 3 heteroatoms. The average Bonchev–Trinajstić information content (AvgIpc) is 2.96. The number of fused-ring (bicyclic) bond motifs is 2. The van der Waals surface area contributed by atoms with E-state index in [1.807, 2.05) is 25.1 Å². The largest absolute Gasteiger partial charge is 0.493 e. The lowest BCUT2D eigenvalue weighted by molar-refractivity contribution is -0.145. The van der Waals surface area contributed by atoms with Crippen molar-refractivity contribution in [2.24, 2.45) is 11.8 Å². The van der Waals surface area contributed by atoms with E-state index in [0.29, 0.717) is 19.1 Å². The fraction of sp³-hybridized carbons (Fsp3) is 0.533. The summed E-state index contributed by atoms with van der Waals surface area (Å²) in [5, 5.41) is 0. The van der Waals surface area contributed by atoms with Crippen LogP contribution in [0.15, 0.2) is 24.3 Å². The van der Waals surface area contributed by atoms with E-state index in [2.05, 4.69) is 13.0 Å². The minimum absolute atomic E-state index is 0.00231. The molecule has 1 aliphatic heterocycles. The maximum Gasteiger partial charge on any atom is 0.310 e. The molecule has 1 aromatic carbocycles. The molecule has 2 unspecified atom stereocenters. The summed E-state index contributed by atoms with van der Waals surface area (Å²) in [4.78, 5) is 12.0. The Morgan fingerprint density at radius 2 is 2.28 bits per heavy atom. The molecule has 0 bridgehead atoms. The van der Waals surface area contributed by atoms with E-state index in [4.69, 9.17) is 9.47 Å². The first-order valence-corrected chi connectivity index (χ1v) is 6.60. The summed E-state index contributed by atoms with van der Waals surface area (Å²) in [5.74, 6) is 1.23. The van der Waals surface area contributed by atoms with Crippen LogP contribution < -0.4 is 4.74 Å². The minimum Gasteiger partial charge on any atom is -0.493 e. The van der Waals surface area contributed by atoms with Gasteiger partial charge in [-0.25, -0.2) is 0 Å². The lowest BCUT2D eigenvalue weighted by Gasteiger charge is -2.27. The van der Waals surface area contributed by atoms with Gasteiger partial charge in [0.25, 0.3) is 0 Å². The van der Waals surface area contributed by atoms with Crippen LogP contribution in [0.4, 0.5) is 0 Å². The van der Waals surface area contributed by atoms with Crippen molar-refractivity contribution in [3.8, 4) is 5.75 Å². The van der Waals surface area contributed by atoms with Gasteiger partial charge in [0.05, 0.1) is 19.1 Å². The van der Waals surface area contributed by atoms with E-state index in [0.717, 1.165) is 12.2 Å². The van der Waals surface area contributed by atoms with Crippen LogP contribution >= 0.6 is 0 Å². The topological polar surface area (TPSA) is 35.5 Å². The van der Waals surface area contributed by atoms with Crippen LogP contribution in [0.1, 0.15) is 25.8 Å². The molecule has 0 radical (unpaired) electrons. The highest BCUT2D eigenvalue weighted by atomic mass is 16.5. The molecule has 2 aliphatic rings. The number of para-hydroxylation sites is 1. The number of esters is 1. The summed E-state index contributed by atoms with van der Waals surface area (Å²) in [6.07, 6.45) is 0.911. The zero-order valence-electron chi connectivity index (χ0n) is 10.8. The van der Waals surface area contributed by atoms with Gasteiger partial charge in [-0.1, -0.05) is 25.1 Å². The zero-order valence-corrected chi connectivity index (χ0v) is 10.8. The summed E-state index contributed by atoms with van der Waals surface area (Å²) < 4.78 is 10.9. The molecule has 1 spiro atoms. The third-order valence-electron chi connectivity index (χ3n) is 4.46. The Labute approximate surface area is 107 Å². The first-order chi connectivity index (χ1) is 8.71. The molecule has 1 saturated carbocycles. The quantitative estimate of drug-likeness (QED) is 0.752. The van der Waals surface area contributed by atoms with E-state index in [9.17, 15) is 4.79 Å². The molecule has 96 valence electrons. The molecule has 1 heterocycles. The van der Waals surface area contributed by atoms with Gasteiger partial charge in [0.1, 0.15) is 5.75 Å².